The summed E-state index contributed by atoms with van der Waals surface area (Å²) >= 11 is 5.05. The first-order chi connectivity index (χ1) is 12.8. The van der Waals surface area contributed by atoms with Crippen molar-refractivity contribution in [3.63, 3.8) is 0 Å². The maximum Gasteiger partial charge on any atom is 0.260 e. The third-order valence-corrected chi connectivity index (χ3v) is 5.87. The van der Waals surface area contributed by atoms with Crippen LogP contribution in [0.3, 0.4) is 0 Å². The van der Waals surface area contributed by atoms with Gasteiger partial charge in [0.05, 0.1) is 10.2 Å². The molecule has 0 fully saturated rings. The van der Waals surface area contributed by atoms with Crippen LogP contribution in [-0.2, 0) is 0 Å². The first kappa shape index (κ1) is 20.0. The van der Waals surface area contributed by atoms with Crippen LogP contribution < -0.4 is 4.90 Å². The number of nitrogens with zero attached hydrogens (tertiary/aromatic N) is 3. The van der Waals surface area contributed by atoms with Gasteiger partial charge in [-0.3, -0.25) is 9.69 Å². The van der Waals surface area contributed by atoms with Crippen LogP contribution in [0.25, 0.3) is 10.2 Å². The van der Waals surface area contributed by atoms with Crippen molar-refractivity contribution in [2.45, 2.75) is 20.3 Å². The Morgan fingerprint density at radius 2 is 1.93 bits per heavy atom. The average Bonchev–Trinajstić information content (AvgIpc) is 3.02. The van der Waals surface area contributed by atoms with Crippen LogP contribution >= 0.6 is 27.3 Å². The first-order valence-electron chi connectivity index (χ1n) is 8.95. The Hall–Kier alpha value is -1.76. The molecule has 1 heterocycles. The zero-order valence-corrected chi connectivity index (χ0v) is 18.5. The van der Waals surface area contributed by atoms with E-state index in [0.717, 1.165) is 38.3 Å². The van der Waals surface area contributed by atoms with Crippen LogP contribution in [0.4, 0.5) is 5.13 Å². The van der Waals surface area contributed by atoms with E-state index in [-0.39, 0.29) is 5.91 Å². The van der Waals surface area contributed by atoms with E-state index in [9.17, 15) is 4.79 Å². The maximum absolute atomic E-state index is 13.3. The Bertz CT molecular complexity index is 967. The molecule has 0 saturated heterocycles. The predicted molar refractivity (Wildman–Crippen MR) is 118 cm³/mol. The lowest BCUT2D eigenvalue weighted by Crippen LogP contribution is -2.33. The van der Waals surface area contributed by atoms with Gasteiger partial charge >= 0.3 is 0 Å². The number of rotatable bonds is 6. The number of aryl methyl sites for hydroxylation is 2. The van der Waals surface area contributed by atoms with E-state index in [1.807, 2.05) is 43.3 Å². The van der Waals surface area contributed by atoms with E-state index in [0.29, 0.717) is 12.1 Å². The van der Waals surface area contributed by atoms with Crippen LogP contribution in [0.15, 0.2) is 40.9 Å². The minimum Gasteiger partial charge on any atom is -0.309 e. The monoisotopic (exact) mass is 445 g/mol. The summed E-state index contributed by atoms with van der Waals surface area (Å²) in [5.74, 6) is -0.0107. The number of hydrogen-bond acceptors (Lipinski definition) is 4. The average molecular weight is 446 g/mol. The maximum atomic E-state index is 13.3. The lowest BCUT2D eigenvalue weighted by Gasteiger charge is -2.21. The van der Waals surface area contributed by atoms with E-state index in [1.165, 1.54) is 5.56 Å². The van der Waals surface area contributed by atoms with Crippen LogP contribution in [0.5, 0.6) is 0 Å². The van der Waals surface area contributed by atoms with Crippen LogP contribution in [0.1, 0.15) is 27.9 Å². The Kier molecular flexibility index (Phi) is 6.29. The minimum atomic E-state index is -0.0107. The topological polar surface area (TPSA) is 36.4 Å². The third kappa shape index (κ3) is 4.75. The molecule has 0 saturated carbocycles. The Labute approximate surface area is 172 Å². The second-order valence-electron chi connectivity index (χ2n) is 7.05. The van der Waals surface area contributed by atoms with Gasteiger partial charge in [0.1, 0.15) is 0 Å². The summed E-state index contributed by atoms with van der Waals surface area (Å²) in [7, 11) is 4.09. The van der Waals surface area contributed by atoms with Gasteiger partial charge in [0.15, 0.2) is 5.13 Å². The molecule has 0 aliphatic rings. The van der Waals surface area contributed by atoms with E-state index >= 15 is 0 Å². The molecular weight excluding hydrogens is 422 g/mol. The smallest absolute Gasteiger partial charge is 0.260 e. The molecule has 1 aromatic heterocycles. The second-order valence-corrected chi connectivity index (χ2v) is 8.97. The van der Waals surface area contributed by atoms with Crippen molar-refractivity contribution in [2.75, 3.05) is 32.1 Å². The number of aromatic nitrogens is 1. The van der Waals surface area contributed by atoms with Crippen molar-refractivity contribution >= 4 is 48.5 Å². The summed E-state index contributed by atoms with van der Waals surface area (Å²) in [6, 6.07) is 11.8. The summed E-state index contributed by atoms with van der Waals surface area (Å²) < 4.78 is 2.03. The van der Waals surface area contributed by atoms with Gasteiger partial charge in [-0.1, -0.05) is 39.4 Å². The summed E-state index contributed by atoms with van der Waals surface area (Å²) in [4.78, 5) is 22.0. The number of anilines is 1. The summed E-state index contributed by atoms with van der Waals surface area (Å²) in [5.41, 5.74) is 4.02. The highest BCUT2D eigenvalue weighted by Crippen LogP contribution is 2.32. The quantitative estimate of drug-likeness (QED) is 0.517. The molecule has 0 radical (unpaired) electrons. The van der Waals surface area contributed by atoms with Gasteiger partial charge in [-0.2, -0.15) is 0 Å². The molecule has 6 heteroatoms. The van der Waals surface area contributed by atoms with E-state index in [4.69, 9.17) is 4.98 Å². The molecule has 0 bridgehead atoms. The molecular formula is C21H24BrN3OS. The molecule has 3 aromatic rings. The molecule has 27 heavy (non-hydrogen) atoms. The SMILES string of the molecule is Cc1cc(C)c2nc(N(CCCN(C)C)C(=O)c3cccc(Br)c3)sc2c1. The van der Waals surface area contributed by atoms with Gasteiger partial charge in [-0.25, -0.2) is 4.98 Å². The number of amides is 1. The zero-order valence-electron chi connectivity index (χ0n) is 16.1. The highest BCUT2D eigenvalue weighted by atomic mass is 79.9. The fourth-order valence-electron chi connectivity index (χ4n) is 3.08. The lowest BCUT2D eigenvalue weighted by molar-refractivity contribution is 0.0986. The Morgan fingerprint density at radius 3 is 2.63 bits per heavy atom. The Morgan fingerprint density at radius 1 is 1.15 bits per heavy atom. The van der Waals surface area contributed by atoms with Gasteiger partial charge in [0.25, 0.3) is 5.91 Å². The van der Waals surface area contributed by atoms with Crippen molar-refractivity contribution < 1.29 is 4.79 Å². The minimum absolute atomic E-state index is 0.0107. The molecule has 0 aliphatic heterocycles. The fourth-order valence-corrected chi connectivity index (χ4v) is 4.65. The number of hydrogen-bond donors (Lipinski definition) is 0. The molecule has 142 valence electrons. The molecule has 3 rings (SSSR count). The van der Waals surface area contributed by atoms with Crippen molar-refractivity contribution in [3.05, 3.63) is 57.6 Å². The number of fused-ring (bicyclic) bond motifs is 1. The number of carbonyl (C=O) groups is 1. The number of thiazole rings is 1. The third-order valence-electron chi connectivity index (χ3n) is 4.35. The van der Waals surface area contributed by atoms with Crippen molar-refractivity contribution in [3.8, 4) is 0 Å². The molecule has 0 atom stereocenters. The normalized spacial score (nSPS) is 11.3. The number of carbonyl (C=O) groups excluding carboxylic acids is 1. The standard InChI is InChI=1S/C21H24BrN3OS/c1-14-11-15(2)19-18(12-14)27-21(23-19)25(10-6-9-24(3)4)20(26)16-7-5-8-17(22)13-16/h5,7-8,11-13H,6,9-10H2,1-4H3. The van der Waals surface area contributed by atoms with Crippen LogP contribution in [0, 0.1) is 13.8 Å². The largest absolute Gasteiger partial charge is 0.309 e. The van der Waals surface area contributed by atoms with Crippen molar-refractivity contribution in [1.29, 1.82) is 0 Å². The van der Waals surface area contributed by atoms with Crippen molar-refractivity contribution in [1.82, 2.24) is 9.88 Å². The highest BCUT2D eigenvalue weighted by Gasteiger charge is 2.22. The Balaban J connectivity index is 1.98. The van der Waals surface area contributed by atoms with Crippen LogP contribution in [0.2, 0.25) is 0 Å². The fraction of sp³-hybridized carbons (Fsp3) is 0.333. The molecule has 0 spiro atoms. The van der Waals surface area contributed by atoms with E-state index in [2.05, 4.69) is 46.8 Å². The number of benzene rings is 2. The van der Waals surface area contributed by atoms with Gasteiger partial charge < -0.3 is 4.90 Å². The lowest BCUT2D eigenvalue weighted by atomic mass is 10.1. The van der Waals surface area contributed by atoms with Gasteiger partial charge in [-0.05, 0) is 76.3 Å². The molecule has 1 amide bonds. The van der Waals surface area contributed by atoms with Gasteiger partial charge in [0.2, 0.25) is 0 Å². The number of halogens is 1. The second kappa shape index (κ2) is 8.50. The van der Waals surface area contributed by atoms with Gasteiger partial charge in [-0.15, -0.1) is 0 Å². The van der Waals surface area contributed by atoms with E-state index in [1.54, 1.807) is 11.3 Å². The van der Waals surface area contributed by atoms with Crippen LogP contribution in [-0.4, -0.2) is 43.0 Å². The van der Waals surface area contributed by atoms with Crippen molar-refractivity contribution in [2.24, 2.45) is 0 Å². The summed E-state index contributed by atoms with van der Waals surface area (Å²) in [6.07, 6.45) is 0.890. The summed E-state index contributed by atoms with van der Waals surface area (Å²) in [6.45, 7) is 5.73. The molecule has 2 aromatic carbocycles. The predicted octanol–water partition coefficient (Wildman–Crippen LogP) is 5.27. The zero-order chi connectivity index (χ0) is 19.6. The van der Waals surface area contributed by atoms with Gasteiger partial charge in [0, 0.05) is 16.6 Å². The highest BCUT2D eigenvalue weighted by molar-refractivity contribution is 9.10. The summed E-state index contributed by atoms with van der Waals surface area (Å²) in [5, 5.41) is 0.766. The molecule has 0 aliphatic carbocycles. The molecule has 4 nitrogen and oxygen atoms in total. The van der Waals surface area contributed by atoms with E-state index < -0.39 is 0 Å². The molecule has 0 unspecified atom stereocenters. The first-order valence-corrected chi connectivity index (χ1v) is 10.6. The molecule has 0 N–H and O–H groups in total.